The lowest BCUT2D eigenvalue weighted by molar-refractivity contribution is 1.08. The van der Waals surface area contributed by atoms with Gasteiger partial charge in [0.05, 0.1) is 17.1 Å². The first-order chi connectivity index (χ1) is 10.7. The van der Waals surface area contributed by atoms with Crippen molar-refractivity contribution in [2.45, 2.75) is 20.3 Å². The maximum absolute atomic E-state index is 4.83. The van der Waals surface area contributed by atoms with Crippen molar-refractivity contribution >= 4 is 33.6 Å². The van der Waals surface area contributed by atoms with Gasteiger partial charge in [-0.05, 0) is 19.9 Å². The van der Waals surface area contributed by atoms with E-state index in [9.17, 15) is 0 Å². The molecule has 110 valence electrons. The van der Waals surface area contributed by atoms with Gasteiger partial charge in [-0.2, -0.15) is 0 Å². The fraction of sp³-hybridized carbons (Fsp3) is 0.176. The van der Waals surface area contributed by atoms with Gasteiger partial charge in [0.25, 0.3) is 0 Å². The van der Waals surface area contributed by atoms with E-state index >= 15 is 0 Å². The molecule has 3 nitrogen and oxygen atoms in total. The smallest absolute Gasteiger partial charge is 0.100 e. The molecule has 3 aromatic heterocycles. The highest BCUT2D eigenvalue weighted by molar-refractivity contribution is 7.11. The second-order valence-electron chi connectivity index (χ2n) is 5.36. The zero-order valence-electron chi connectivity index (χ0n) is 12.4. The Kier molecular flexibility index (Phi) is 3.32. The fourth-order valence-electron chi connectivity index (χ4n) is 2.73. The summed E-state index contributed by atoms with van der Waals surface area (Å²) in [6.45, 7) is 4.14. The van der Waals surface area contributed by atoms with Crippen molar-refractivity contribution in [3.8, 4) is 11.3 Å². The van der Waals surface area contributed by atoms with Crippen molar-refractivity contribution < 1.29 is 0 Å². The molecule has 1 N–H and O–H groups in total. The van der Waals surface area contributed by atoms with Gasteiger partial charge in [0.2, 0.25) is 0 Å². The number of rotatable bonds is 3. The van der Waals surface area contributed by atoms with Gasteiger partial charge in [-0.1, -0.05) is 18.2 Å². The van der Waals surface area contributed by atoms with Crippen molar-refractivity contribution in [2.75, 3.05) is 0 Å². The van der Waals surface area contributed by atoms with Crippen LogP contribution in [0.25, 0.3) is 22.2 Å². The molecule has 0 saturated carbocycles. The maximum Gasteiger partial charge on any atom is 0.100 e. The molecule has 0 aliphatic rings. The summed E-state index contributed by atoms with van der Waals surface area (Å²) in [6, 6.07) is 8.39. The number of nitrogens with one attached hydrogen (secondary N) is 1. The van der Waals surface area contributed by atoms with E-state index in [0.29, 0.717) is 0 Å². The normalized spacial score (nSPS) is 11.4. The molecule has 4 rings (SSSR count). The van der Waals surface area contributed by atoms with Gasteiger partial charge < -0.3 is 4.98 Å². The van der Waals surface area contributed by atoms with Crippen LogP contribution >= 0.6 is 22.7 Å². The summed E-state index contributed by atoms with van der Waals surface area (Å²) in [5.74, 6) is 0. The summed E-state index contributed by atoms with van der Waals surface area (Å²) in [4.78, 5) is 12.8. The summed E-state index contributed by atoms with van der Waals surface area (Å²) in [7, 11) is 0. The zero-order valence-corrected chi connectivity index (χ0v) is 14.0. The molecule has 0 saturated heterocycles. The molecule has 0 spiro atoms. The molecule has 0 atom stereocenters. The van der Waals surface area contributed by atoms with Gasteiger partial charge in [-0.25, -0.2) is 9.97 Å². The Morgan fingerprint density at radius 1 is 1.00 bits per heavy atom. The molecule has 3 heterocycles. The Balaban J connectivity index is 1.72. The second kappa shape index (κ2) is 5.34. The standard InChI is InChI=1S/C17H15N3S2/c1-10-8-21-15(18-10)7-16-20-14(9-22-16)17-11(2)19-13-6-4-3-5-12(13)17/h3-6,8-9,19H,7H2,1-2H3. The number of aromatic amines is 1. The van der Waals surface area contributed by atoms with E-state index in [2.05, 4.69) is 51.9 Å². The predicted octanol–water partition coefficient (Wildman–Crippen LogP) is 4.96. The molecule has 0 aliphatic heterocycles. The zero-order chi connectivity index (χ0) is 15.1. The van der Waals surface area contributed by atoms with Crippen LogP contribution in [0.4, 0.5) is 0 Å². The number of thiazole rings is 2. The van der Waals surface area contributed by atoms with E-state index < -0.39 is 0 Å². The quantitative estimate of drug-likeness (QED) is 0.578. The Morgan fingerprint density at radius 3 is 2.59 bits per heavy atom. The Morgan fingerprint density at radius 2 is 1.77 bits per heavy atom. The minimum Gasteiger partial charge on any atom is -0.358 e. The number of aromatic nitrogens is 3. The van der Waals surface area contributed by atoms with E-state index in [1.165, 1.54) is 22.2 Å². The SMILES string of the molecule is Cc1csc(Cc2nc(-c3c(C)[nH]c4ccccc34)cs2)n1. The fourth-order valence-corrected chi connectivity index (χ4v) is 4.38. The molecule has 1 aromatic carbocycles. The average Bonchev–Trinajstić information content (AvgIpc) is 3.18. The number of aryl methyl sites for hydroxylation is 2. The third-order valence-electron chi connectivity index (χ3n) is 3.67. The van der Waals surface area contributed by atoms with E-state index in [1.54, 1.807) is 22.7 Å². The highest BCUT2D eigenvalue weighted by atomic mass is 32.1. The third-order valence-corrected chi connectivity index (χ3v) is 5.49. The molecule has 0 aliphatic carbocycles. The summed E-state index contributed by atoms with van der Waals surface area (Å²) < 4.78 is 0. The van der Waals surface area contributed by atoms with E-state index in [-0.39, 0.29) is 0 Å². The van der Waals surface area contributed by atoms with Gasteiger partial charge >= 0.3 is 0 Å². The molecule has 22 heavy (non-hydrogen) atoms. The van der Waals surface area contributed by atoms with Gasteiger partial charge in [-0.3, -0.25) is 0 Å². The first kappa shape index (κ1) is 13.7. The lowest BCUT2D eigenvalue weighted by Gasteiger charge is -1.96. The van der Waals surface area contributed by atoms with Crippen LogP contribution < -0.4 is 0 Å². The van der Waals surface area contributed by atoms with E-state index in [0.717, 1.165) is 27.8 Å². The summed E-state index contributed by atoms with van der Waals surface area (Å²) >= 11 is 3.42. The number of hydrogen-bond acceptors (Lipinski definition) is 4. The maximum atomic E-state index is 4.83. The number of H-pyrrole nitrogens is 1. The third kappa shape index (κ3) is 2.36. The Hall–Kier alpha value is -1.98. The van der Waals surface area contributed by atoms with E-state index in [1.807, 2.05) is 6.92 Å². The summed E-state index contributed by atoms with van der Waals surface area (Å²) in [6.07, 6.45) is 0.824. The van der Waals surface area contributed by atoms with Gasteiger partial charge in [0.1, 0.15) is 5.01 Å². The lowest BCUT2D eigenvalue weighted by atomic mass is 10.1. The predicted molar refractivity (Wildman–Crippen MR) is 93.8 cm³/mol. The van der Waals surface area contributed by atoms with Crippen LogP contribution in [0.1, 0.15) is 21.4 Å². The first-order valence-corrected chi connectivity index (χ1v) is 8.90. The van der Waals surface area contributed by atoms with Crippen molar-refractivity contribution in [1.29, 1.82) is 0 Å². The summed E-state index contributed by atoms with van der Waals surface area (Å²) in [5, 5.41) is 7.73. The molecule has 5 heteroatoms. The number of nitrogens with zero attached hydrogens (tertiary/aromatic N) is 2. The van der Waals surface area contributed by atoms with Crippen molar-refractivity contribution in [3.63, 3.8) is 0 Å². The van der Waals surface area contributed by atoms with Crippen molar-refractivity contribution in [3.05, 3.63) is 56.4 Å². The van der Waals surface area contributed by atoms with Crippen molar-refractivity contribution in [1.82, 2.24) is 15.0 Å². The van der Waals surface area contributed by atoms with Crippen LogP contribution in [-0.2, 0) is 6.42 Å². The van der Waals surface area contributed by atoms with Crippen LogP contribution in [-0.4, -0.2) is 15.0 Å². The molecule has 0 radical (unpaired) electrons. The van der Waals surface area contributed by atoms with E-state index in [4.69, 9.17) is 4.98 Å². The molecule has 0 fully saturated rings. The van der Waals surface area contributed by atoms with Gasteiger partial charge in [0, 0.05) is 38.6 Å². The number of hydrogen-bond donors (Lipinski definition) is 1. The molecule has 0 unspecified atom stereocenters. The van der Waals surface area contributed by atoms with Crippen LogP contribution in [0.5, 0.6) is 0 Å². The summed E-state index contributed by atoms with van der Waals surface area (Å²) in [5.41, 5.74) is 5.70. The molecule has 0 bridgehead atoms. The Labute approximate surface area is 136 Å². The van der Waals surface area contributed by atoms with Crippen LogP contribution in [0.2, 0.25) is 0 Å². The van der Waals surface area contributed by atoms with Crippen molar-refractivity contribution in [2.24, 2.45) is 0 Å². The first-order valence-electron chi connectivity index (χ1n) is 7.14. The molecular weight excluding hydrogens is 310 g/mol. The van der Waals surface area contributed by atoms with Gasteiger partial charge in [0.15, 0.2) is 0 Å². The minimum absolute atomic E-state index is 0.824. The number of benzene rings is 1. The highest BCUT2D eigenvalue weighted by Crippen LogP contribution is 2.33. The average molecular weight is 325 g/mol. The number of fused-ring (bicyclic) bond motifs is 1. The minimum atomic E-state index is 0.824. The van der Waals surface area contributed by atoms with Crippen LogP contribution in [0.15, 0.2) is 35.0 Å². The molecule has 0 amide bonds. The second-order valence-corrected chi connectivity index (χ2v) is 7.24. The molecular formula is C17H15N3S2. The van der Waals surface area contributed by atoms with Crippen LogP contribution in [0.3, 0.4) is 0 Å². The molecule has 4 aromatic rings. The lowest BCUT2D eigenvalue weighted by Crippen LogP contribution is -1.87. The largest absolute Gasteiger partial charge is 0.358 e. The Bertz CT molecular complexity index is 946. The monoisotopic (exact) mass is 325 g/mol. The number of para-hydroxylation sites is 1. The topological polar surface area (TPSA) is 41.6 Å². The van der Waals surface area contributed by atoms with Gasteiger partial charge in [-0.15, -0.1) is 22.7 Å². The highest BCUT2D eigenvalue weighted by Gasteiger charge is 2.14. The van der Waals surface area contributed by atoms with Crippen LogP contribution in [0, 0.1) is 13.8 Å².